The minimum absolute atomic E-state index is 0.0153. The number of carboxylic acid groups (broad SMARTS) is 2. The number of carbonyl (C=O) groups is 6. The van der Waals surface area contributed by atoms with Crippen LogP contribution in [-0.4, -0.2) is 88.2 Å². The van der Waals surface area contributed by atoms with E-state index < -0.39 is 79.2 Å². The lowest BCUT2D eigenvalue weighted by molar-refractivity contribution is -0.144. The molecule has 0 fully saturated rings. The fourth-order valence-corrected chi connectivity index (χ4v) is 2.46. The molecule has 0 aliphatic carbocycles. The largest absolute Gasteiger partial charge is 0.481 e. The van der Waals surface area contributed by atoms with Crippen molar-refractivity contribution >= 4 is 35.6 Å². The standard InChI is InChI=1S/C17H30N6O9/c18-4-2-1-3-9(15(29)23-11(7-24)17(31)32)21-16(30)10(6-13(26)27)22-14(28)8(19)5-12(20)25/h8-11,24H,1-7,18-19H2,(H2,20,25)(H,21,30)(H,22,28)(H,23,29)(H,26,27)(H,31,32). The van der Waals surface area contributed by atoms with Gasteiger partial charge in [-0.2, -0.15) is 0 Å². The number of primary amides is 1. The molecule has 15 heteroatoms. The number of aliphatic hydroxyl groups excluding tert-OH is 1. The average Bonchev–Trinajstić information content (AvgIpc) is 2.69. The van der Waals surface area contributed by atoms with Gasteiger partial charge in [0.2, 0.25) is 23.6 Å². The highest BCUT2D eigenvalue weighted by Crippen LogP contribution is 2.04. The quantitative estimate of drug-likeness (QED) is 0.0982. The smallest absolute Gasteiger partial charge is 0.328 e. The monoisotopic (exact) mass is 462 g/mol. The third-order valence-electron chi connectivity index (χ3n) is 4.15. The van der Waals surface area contributed by atoms with Crippen LogP contribution in [0.3, 0.4) is 0 Å². The first kappa shape index (κ1) is 28.7. The van der Waals surface area contributed by atoms with Crippen LogP contribution in [0, 0.1) is 0 Å². The van der Waals surface area contributed by atoms with Crippen molar-refractivity contribution in [1.82, 2.24) is 16.0 Å². The van der Waals surface area contributed by atoms with Gasteiger partial charge in [-0.15, -0.1) is 0 Å². The number of nitrogens with two attached hydrogens (primary N) is 3. The van der Waals surface area contributed by atoms with Crippen molar-refractivity contribution in [2.45, 2.75) is 56.3 Å². The molecule has 4 unspecified atom stereocenters. The van der Waals surface area contributed by atoms with Crippen LogP contribution in [-0.2, 0) is 28.8 Å². The van der Waals surface area contributed by atoms with Gasteiger partial charge in [-0.1, -0.05) is 0 Å². The Morgan fingerprint density at radius 3 is 1.78 bits per heavy atom. The van der Waals surface area contributed by atoms with Crippen molar-refractivity contribution < 1.29 is 44.1 Å². The number of nitrogens with one attached hydrogen (secondary N) is 3. The highest BCUT2D eigenvalue weighted by molar-refractivity contribution is 5.96. The summed E-state index contributed by atoms with van der Waals surface area (Å²) < 4.78 is 0. The van der Waals surface area contributed by atoms with E-state index in [-0.39, 0.29) is 13.0 Å². The zero-order valence-corrected chi connectivity index (χ0v) is 17.3. The molecule has 0 aromatic rings. The molecule has 0 aliphatic heterocycles. The number of amides is 4. The molecule has 15 nitrogen and oxygen atoms in total. The lowest BCUT2D eigenvalue weighted by Gasteiger charge is -2.24. The fourth-order valence-electron chi connectivity index (χ4n) is 2.46. The van der Waals surface area contributed by atoms with Crippen LogP contribution >= 0.6 is 0 Å². The summed E-state index contributed by atoms with van der Waals surface area (Å²) in [4.78, 5) is 70.1. The Bertz CT molecular complexity index is 702. The van der Waals surface area contributed by atoms with E-state index in [1.165, 1.54) is 0 Å². The first-order valence-electron chi connectivity index (χ1n) is 9.63. The van der Waals surface area contributed by atoms with Gasteiger partial charge in [0, 0.05) is 0 Å². The molecule has 0 saturated heterocycles. The molecule has 0 bridgehead atoms. The van der Waals surface area contributed by atoms with Gasteiger partial charge in [0.25, 0.3) is 0 Å². The lowest BCUT2D eigenvalue weighted by Crippen LogP contribution is -2.58. The summed E-state index contributed by atoms with van der Waals surface area (Å²) in [6, 6.07) is -6.02. The zero-order chi connectivity index (χ0) is 24.8. The second-order valence-corrected chi connectivity index (χ2v) is 6.86. The lowest BCUT2D eigenvalue weighted by atomic mass is 10.1. The van der Waals surface area contributed by atoms with Gasteiger partial charge in [-0.25, -0.2) is 4.79 Å². The van der Waals surface area contributed by atoms with Crippen LogP contribution in [0.25, 0.3) is 0 Å². The molecule has 0 rings (SSSR count). The van der Waals surface area contributed by atoms with Gasteiger partial charge in [0.05, 0.1) is 25.5 Å². The van der Waals surface area contributed by atoms with Crippen molar-refractivity contribution in [2.75, 3.05) is 13.2 Å². The maximum absolute atomic E-state index is 12.6. The molecule has 182 valence electrons. The number of rotatable bonds is 16. The van der Waals surface area contributed by atoms with Crippen LogP contribution in [0.15, 0.2) is 0 Å². The summed E-state index contributed by atoms with van der Waals surface area (Å²) in [7, 11) is 0. The van der Waals surface area contributed by atoms with E-state index in [0.717, 1.165) is 0 Å². The first-order valence-corrected chi connectivity index (χ1v) is 9.63. The molecule has 0 aromatic carbocycles. The van der Waals surface area contributed by atoms with Gasteiger partial charge in [0.1, 0.15) is 18.1 Å². The summed E-state index contributed by atoms with van der Waals surface area (Å²) in [5.41, 5.74) is 15.8. The minimum Gasteiger partial charge on any atom is -0.481 e. The summed E-state index contributed by atoms with van der Waals surface area (Å²) in [6.45, 7) is -0.619. The predicted molar refractivity (Wildman–Crippen MR) is 107 cm³/mol. The molecular weight excluding hydrogens is 432 g/mol. The van der Waals surface area contributed by atoms with Gasteiger partial charge in [-0.3, -0.25) is 24.0 Å². The van der Waals surface area contributed by atoms with Crippen molar-refractivity contribution in [1.29, 1.82) is 0 Å². The molecule has 0 spiro atoms. The third-order valence-corrected chi connectivity index (χ3v) is 4.15. The molecule has 0 aromatic heterocycles. The number of hydrogen-bond donors (Lipinski definition) is 9. The van der Waals surface area contributed by atoms with E-state index in [2.05, 4.69) is 10.6 Å². The van der Waals surface area contributed by atoms with Gasteiger partial charge in [-0.05, 0) is 25.8 Å². The SMILES string of the molecule is NCCCCC(NC(=O)C(CC(=O)O)NC(=O)C(N)CC(N)=O)C(=O)NC(CO)C(=O)O. The van der Waals surface area contributed by atoms with E-state index in [1.54, 1.807) is 0 Å². The highest BCUT2D eigenvalue weighted by atomic mass is 16.4. The molecule has 0 heterocycles. The van der Waals surface area contributed by atoms with Crippen molar-refractivity contribution in [3.05, 3.63) is 0 Å². The van der Waals surface area contributed by atoms with E-state index in [9.17, 15) is 28.8 Å². The summed E-state index contributed by atoms with van der Waals surface area (Å²) in [5, 5.41) is 33.5. The number of carboxylic acids is 2. The molecule has 0 aliphatic rings. The number of unbranched alkanes of at least 4 members (excludes halogenated alkanes) is 1. The van der Waals surface area contributed by atoms with Crippen LogP contribution in [0.2, 0.25) is 0 Å². The Morgan fingerprint density at radius 1 is 0.781 bits per heavy atom. The molecule has 4 atom stereocenters. The summed E-state index contributed by atoms with van der Waals surface area (Å²) in [5.74, 6) is -6.86. The van der Waals surface area contributed by atoms with E-state index >= 15 is 0 Å². The summed E-state index contributed by atoms with van der Waals surface area (Å²) >= 11 is 0. The highest BCUT2D eigenvalue weighted by Gasteiger charge is 2.31. The Labute approximate surface area is 183 Å². The van der Waals surface area contributed by atoms with Crippen LogP contribution in [0.5, 0.6) is 0 Å². The van der Waals surface area contributed by atoms with Gasteiger partial charge in [0.15, 0.2) is 0 Å². The Hall–Kier alpha value is -3.30. The van der Waals surface area contributed by atoms with Gasteiger partial charge < -0.3 is 48.5 Å². The van der Waals surface area contributed by atoms with Crippen molar-refractivity contribution in [3.8, 4) is 0 Å². The maximum atomic E-state index is 12.6. The van der Waals surface area contributed by atoms with E-state index in [0.29, 0.717) is 12.8 Å². The average molecular weight is 462 g/mol. The van der Waals surface area contributed by atoms with Crippen LogP contribution < -0.4 is 33.2 Å². The molecule has 0 radical (unpaired) electrons. The van der Waals surface area contributed by atoms with Gasteiger partial charge >= 0.3 is 11.9 Å². The molecule has 4 amide bonds. The van der Waals surface area contributed by atoms with Crippen LogP contribution in [0.1, 0.15) is 32.1 Å². The molecule has 32 heavy (non-hydrogen) atoms. The Balaban J connectivity index is 5.44. The zero-order valence-electron chi connectivity index (χ0n) is 17.3. The number of aliphatic hydroxyl groups is 1. The predicted octanol–water partition coefficient (Wildman–Crippen LogP) is -4.68. The first-order chi connectivity index (χ1) is 14.9. The normalized spacial score (nSPS) is 14.3. The number of hydrogen-bond acceptors (Lipinski definition) is 9. The molecule has 0 saturated carbocycles. The van der Waals surface area contributed by atoms with E-state index in [1.807, 2.05) is 5.32 Å². The minimum atomic E-state index is -1.66. The third kappa shape index (κ3) is 11.2. The molecule has 12 N–H and O–H groups in total. The fraction of sp³-hybridized carbons (Fsp3) is 0.647. The Morgan fingerprint density at radius 2 is 1.31 bits per heavy atom. The maximum Gasteiger partial charge on any atom is 0.328 e. The second-order valence-electron chi connectivity index (χ2n) is 6.86. The van der Waals surface area contributed by atoms with Crippen LogP contribution in [0.4, 0.5) is 0 Å². The second kappa shape index (κ2) is 14.7. The van der Waals surface area contributed by atoms with Crippen molar-refractivity contribution in [2.24, 2.45) is 17.2 Å². The topological polar surface area (TPSA) is 277 Å². The number of aliphatic carboxylic acids is 2. The van der Waals surface area contributed by atoms with Crippen molar-refractivity contribution in [3.63, 3.8) is 0 Å². The Kier molecular flexibility index (Phi) is 13.1. The summed E-state index contributed by atoms with van der Waals surface area (Å²) in [6.07, 6.45) is -0.576. The number of carbonyl (C=O) groups excluding carboxylic acids is 4. The van der Waals surface area contributed by atoms with E-state index in [4.69, 9.17) is 32.5 Å². The molecular formula is C17H30N6O9.